The fourth-order valence-corrected chi connectivity index (χ4v) is 1.57. The molecule has 0 amide bonds. The van der Waals surface area contributed by atoms with Gasteiger partial charge < -0.3 is 10.4 Å². The number of nitrogens with zero attached hydrogens (tertiary/aromatic N) is 1. The van der Waals surface area contributed by atoms with E-state index in [0.29, 0.717) is 12.5 Å². The van der Waals surface area contributed by atoms with Crippen LogP contribution in [0.5, 0.6) is 0 Å². The Morgan fingerprint density at radius 2 is 2.31 bits per heavy atom. The predicted octanol–water partition coefficient (Wildman–Crippen LogP) is 1.89. The van der Waals surface area contributed by atoms with Crippen molar-refractivity contribution in [1.29, 1.82) is 0 Å². The lowest BCUT2D eigenvalue weighted by atomic mass is 10.1. The van der Waals surface area contributed by atoms with E-state index in [2.05, 4.69) is 24.1 Å². The highest BCUT2D eigenvalue weighted by atomic mass is 16.3. The maximum atomic E-state index is 8.88. The number of hydrogen-bond donors (Lipinski definition) is 2. The molecule has 0 aliphatic heterocycles. The van der Waals surface area contributed by atoms with E-state index in [0.717, 1.165) is 25.9 Å². The lowest BCUT2D eigenvalue weighted by molar-refractivity contribution is 0.228. The molecule has 1 aromatic heterocycles. The zero-order chi connectivity index (χ0) is 11.8. The summed E-state index contributed by atoms with van der Waals surface area (Å²) in [6.45, 7) is 6.35. The quantitative estimate of drug-likeness (QED) is 0.692. The topological polar surface area (TPSA) is 45.2 Å². The summed E-state index contributed by atoms with van der Waals surface area (Å²) in [6, 6.07) is 2.03. The van der Waals surface area contributed by atoms with Crippen molar-refractivity contribution in [3.05, 3.63) is 29.6 Å². The zero-order valence-electron chi connectivity index (χ0n) is 10.2. The number of aliphatic hydroxyl groups is 1. The summed E-state index contributed by atoms with van der Waals surface area (Å²) in [6.07, 6.45) is 5.93. The van der Waals surface area contributed by atoms with Crippen molar-refractivity contribution in [2.75, 3.05) is 13.2 Å². The lowest BCUT2D eigenvalue weighted by Crippen LogP contribution is -2.16. The minimum absolute atomic E-state index is 0.293. The third-order valence-corrected chi connectivity index (χ3v) is 2.83. The highest BCUT2D eigenvalue weighted by Crippen LogP contribution is 2.05. The molecule has 0 radical (unpaired) electrons. The molecule has 0 saturated heterocycles. The zero-order valence-corrected chi connectivity index (χ0v) is 10.2. The Kier molecular flexibility index (Phi) is 6.04. The molecule has 90 valence electrons. The summed E-state index contributed by atoms with van der Waals surface area (Å²) in [4.78, 5) is 4.11. The number of rotatable bonds is 7. The van der Waals surface area contributed by atoms with Gasteiger partial charge in [-0.25, -0.2) is 0 Å². The molecule has 1 heterocycles. The molecule has 0 fully saturated rings. The number of aliphatic hydroxyl groups excluding tert-OH is 1. The van der Waals surface area contributed by atoms with Gasteiger partial charge in [0.1, 0.15) is 0 Å². The summed E-state index contributed by atoms with van der Waals surface area (Å²) < 4.78 is 0. The van der Waals surface area contributed by atoms with Crippen LogP contribution in [-0.2, 0) is 6.54 Å². The van der Waals surface area contributed by atoms with Crippen LogP contribution in [0, 0.1) is 12.8 Å². The molecule has 3 nitrogen and oxygen atoms in total. The van der Waals surface area contributed by atoms with Crippen LogP contribution in [0.2, 0.25) is 0 Å². The molecular weight excluding hydrogens is 200 g/mol. The number of aryl methyl sites for hydroxylation is 1. The molecule has 0 bridgehead atoms. The summed E-state index contributed by atoms with van der Waals surface area (Å²) >= 11 is 0. The fraction of sp³-hybridized carbons (Fsp3) is 0.615. The van der Waals surface area contributed by atoms with Gasteiger partial charge in [-0.1, -0.05) is 6.92 Å². The summed E-state index contributed by atoms with van der Waals surface area (Å²) in [7, 11) is 0. The van der Waals surface area contributed by atoms with Crippen molar-refractivity contribution in [1.82, 2.24) is 10.3 Å². The van der Waals surface area contributed by atoms with Crippen LogP contribution in [0.25, 0.3) is 0 Å². The predicted molar refractivity (Wildman–Crippen MR) is 66.2 cm³/mol. The Morgan fingerprint density at radius 3 is 3.00 bits per heavy atom. The van der Waals surface area contributed by atoms with Crippen LogP contribution in [0.15, 0.2) is 18.5 Å². The van der Waals surface area contributed by atoms with Crippen molar-refractivity contribution >= 4 is 0 Å². The summed E-state index contributed by atoms with van der Waals surface area (Å²) in [5.41, 5.74) is 2.55. The van der Waals surface area contributed by atoms with E-state index in [1.165, 1.54) is 11.1 Å². The van der Waals surface area contributed by atoms with Gasteiger partial charge in [0.25, 0.3) is 0 Å². The van der Waals surface area contributed by atoms with Crippen LogP contribution < -0.4 is 5.32 Å². The maximum Gasteiger partial charge on any atom is 0.0456 e. The van der Waals surface area contributed by atoms with Gasteiger partial charge in [0, 0.05) is 25.5 Å². The van der Waals surface area contributed by atoms with Crippen molar-refractivity contribution in [3.8, 4) is 0 Å². The van der Waals surface area contributed by atoms with Crippen molar-refractivity contribution in [2.24, 2.45) is 5.92 Å². The molecule has 0 spiro atoms. The molecule has 1 atom stereocenters. The SMILES string of the molecule is Cc1ccncc1CNCCCC(C)CO. The molecule has 1 rings (SSSR count). The van der Waals surface area contributed by atoms with E-state index >= 15 is 0 Å². The van der Waals surface area contributed by atoms with Gasteiger partial charge in [-0.15, -0.1) is 0 Å². The Morgan fingerprint density at radius 1 is 1.50 bits per heavy atom. The first-order valence-electron chi connectivity index (χ1n) is 5.95. The second-order valence-corrected chi connectivity index (χ2v) is 4.41. The average Bonchev–Trinajstić information content (AvgIpc) is 2.30. The molecule has 0 aliphatic rings. The van der Waals surface area contributed by atoms with Crippen molar-refractivity contribution in [3.63, 3.8) is 0 Å². The number of nitrogens with one attached hydrogen (secondary N) is 1. The van der Waals surface area contributed by atoms with Gasteiger partial charge in [-0.3, -0.25) is 4.98 Å². The van der Waals surface area contributed by atoms with Crippen molar-refractivity contribution in [2.45, 2.75) is 33.2 Å². The molecular formula is C13H22N2O. The van der Waals surface area contributed by atoms with Gasteiger partial charge in [0.15, 0.2) is 0 Å². The first-order valence-corrected chi connectivity index (χ1v) is 5.95. The van der Waals surface area contributed by atoms with Gasteiger partial charge in [0.2, 0.25) is 0 Å². The minimum Gasteiger partial charge on any atom is -0.396 e. The molecule has 0 aliphatic carbocycles. The molecule has 1 aromatic rings. The van der Waals surface area contributed by atoms with Crippen LogP contribution >= 0.6 is 0 Å². The van der Waals surface area contributed by atoms with Crippen LogP contribution in [0.1, 0.15) is 30.9 Å². The summed E-state index contributed by atoms with van der Waals surface area (Å²) in [5, 5.41) is 12.3. The van der Waals surface area contributed by atoms with Crippen molar-refractivity contribution < 1.29 is 5.11 Å². The van der Waals surface area contributed by atoms with Crippen LogP contribution in [0.4, 0.5) is 0 Å². The molecule has 0 saturated carbocycles. The minimum atomic E-state index is 0.293. The molecule has 3 heteroatoms. The second kappa shape index (κ2) is 7.36. The largest absolute Gasteiger partial charge is 0.396 e. The average molecular weight is 222 g/mol. The molecule has 0 aromatic carbocycles. The first-order chi connectivity index (χ1) is 7.74. The number of pyridine rings is 1. The normalized spacial score (nSPS) is 12.7. The van der Waals surface area contributed by atoms with E-state index in [9.17, 15) is 0 Å². The van der Waals surface area contributed by atoms with Gasteiger partial charge in [0.05, 0.1) is 0 Å². The Hall–Kier alpha value is -0.930. The third kappa shape index (κ3) is 4.73. The highest BCUT2D eigenvalue weighted by molar-refractivity contribution is 5.20. The number of hydrogen-bond acceptors (Lipinski definition) is 3. The standard InChI is InChI=1S/C13H22N2O/c1-11(10-16)4-3-6-14-8-13-9-15-7-5-12(13)2/h5,7,9,11,14,16H,3-4,6,8,10H2,1-2H3. The van der Waals surface area contributed by atoms with Crippen LogP contribution in [-0.4, -0.2) is 23.2 Å². The Balaban J connectivity index is 2.14. The third-order valence-electron chi connectivity index (χ3n) is 2.83. The van der Waals surface area contributed by atoms with E-state index in [4.69, 9.17) is 5.11 Å². The molecule has 16 heavy (non-hydrogen) atoms. The molecule has 2 N–H and O–H groups in total. The molecule has 1 unspecified atom stereocenters. The monoisotopic (exact) mass is 222 g/mol. The Labute approximate surface area is 97.9 Å². The van der Waals surface area contributed by atoms with Crippen LogP contribution in [0.3, 0.4) is 0 Å². The Bertz CT molecular complexity index is 302. The van der Waals surface area contributed by atoms with E-state index in [-0.39, 0.29) is 0 Å². The van der Waals surface area contributed by atoms with Gasteiger partial charge >= 0.3 is 0 Å². The van der Waals surface area contributed by atoms with Gasteiger partial charge in [-0.2, -0.15) is 0 Å². The lowest BCUT2D eigenvalue weighted by Gasteiger charge is -2.09. The second-order valence-electron chi connectivity index (χ2n) is 4.41. The smallest absolute Gasteiger partial charge is 0.0456 e. The van der Waals surface area contributed by atoms with E-state index in [1.807, 2.05) is 18.5 Å². The van der Waals surface area contributed by atoms with E-state index in [1.54, 1.807) is 0 Å². The summed E-state index contributed by atoms with van der Waals surface area (Å²) in [5.74, 6) is 0.418. The fourth-order valence-electron chi connectivity index (χ4n) is 1.57. The first kappa shape index (κ1) is 13.1. The highest BCUT2D eigenvalue weighted by Gasteiger charge is 2.00. The number of aromatic nitrogens is 1. The maximum absolute atomic E-state index is 8.88. The van der Waals surface area contributed by atoms with Gasteiger partial charge in [-0.05, 0) is 49.4 Å². The van der Waals surface area contributed by atoms with E-state index < -0.39 is 0 Å².